The first kappa shape index (κ1) is 16.1. The molecular formula is C16H18F3NO3. The van der Waals surface area contributed by atoms with Gasteiger partial charge in [-0.25, -0.2) is 0 Å². The number of hydrogen-bond donors (Lipinski definition) is 0. The van der Waals surface area contributed by atoms with Gasteiger partial charge in [0.2, 0.25) is 0 Å². The zero-order valence-electron chi connectivity index (χ0n) is 12.5. The summed E-state index contributed by atoms with van der Waals surface area (Å²) >= 11 is 0. The van der Waals surface area contributed by atoms with Gasteiger partial charge in [0.15, 0.2) is 0 Å². The van der Waals surface area contributed by atoms with Crippen LogP contribution in [0.3, 0.4) is 0 Å². The molecule has 1 atom stereocenters. The van der Waals surface area contributed by atoms with E-state index < -0.39 is 18.0 Å². The van der Waals surface area contributed by atoms with E-state index in [0.29, 0.717) is 24.5 Å². The first-order valence-corrected chi connectivity index (χ1v) is 7.64. The topological polar surface area (TPSA) is 38.8 Å². The summed E-state index contributed by atoms with van der Waals surface area (Å²) in [6.07, 6.45) is -2.33. The molecule has 1 amide bonds. The van der Waals surface area contributed by atoms with Gasteiger partial charge in [-0.05, 0) is 25.0 Å². The highest BCUT2D eigenvalue weighted by Gasteiger charge is 2.48. The molecule has 7 heteroatoms. The van der Waals surface area contributed by atoms with Crippen molar-refractivity contribution in [2.45, 2.75) is 25.1 Å². The maximum Gasteiger partial charge on any atom is 0.395 e. The van der Waals surface area contributed by atoms with Crippen LogP contribution in [0, 0.1) is 5.92 Å². The Morgan fingerprint density at radius 1 is 1.30 bits per heavy atom. The van der Waals surface area contributed by atoms with E-state index in [4.69, 9.17) is 9.47 Å². The van der Waals surface area contributed by atoms with E-state index >= 15 is 0 Å². The molecule has 2 saturated heterocycles. The monoisotopic (exact) mass is 329 g/mol. The van der Waals surface area contributed by atoms with Crippen molar-refractivity contribution in [2.75, 3.05) is 26.3 Å². The van der Waals surface area contributed by atoms with Gasteiger partial charge >= 0.3 is 6.18 Å². The molecule has 126 valence electrons. The minimum Gasteiger partial charge on any atom is -0.490 e. The summed E-state index contributed by atoms with van der Waals surface area (Å²) in [5.74, 6) is -1.46. The van der Waals surface area contributed by atoms with Gasteiger partial charge in [0.1, 0.15) is 12.4 Å². The van der Waals surface area contributed by atoms with Crippen molar-refractivity contribution >= 4 is 5.91 Å². The van der Waals surface area contributed by atoms with Crippen LogP contribution < -0.4 is 4.74 Å². The zero-order valence-corrected chi connectivity index (χ0v) is 12.5. The van der Waals surface area contributed by atoms with Gasteiger partial charge in [0.05, 0.1) is 17.6 Å². The van der Waals surface area contributed by atoms with Crippen molar-refractivity contribution in [2.24, 2.45) is 5.92 Å². The minimum absolute atomic E-state index is 0.0109. The molecule has 2 aliphatic heterocycles. The van der Waals surface area contributed by atoms with Crippen molar-refractivity contribution in [3.05, 3.63) is 29.8 Å². The molecule has 1 aromatic rings. The standard InChI is InChI=1S/C16H18F3NO3/c17-16(18,19)11-8-20(9-11)15(21)13-5-1-2-6-14(13)23-10-12-4-3-7-22-12/h1-2,5-6,11-12H,3-4,7-10H2/t12-/m1/s1. The number of amides is 1. The molecule has 0 aliphatic carbocycles. The third kappa shape index (κ3) is 3.60. The zero-order chi connectivity index (χ0) is 16.4. The molecule has 0 spiro atoms. The van der Waals surface area contributed by atoms with E-state index in [1.807, 2.05) is 0 Å². The van der Waals surface area contributed by atoms with Crippen LogP contribution in [0.25, 0.3) is 0 Å². The van der Waals surface area contributed by atoms with E-state index in [2.05, 4.69) is 0 Å². The van der Waals surface area contributed by atoms with E-state index in [9.17, 15) is 18.0 Å². The highest BCUT2D eigenvalue weighted by molar-refractivity contribution is 5.97. The highest BCUT2D eigenvalue weighted by atomic mass is 19.4. The lowest BCUT2D eigenvalue weighted by atomic mass is 9.98. The van der Waals surface area contributed by atoms with Gasteiger partial charge in [-0.3, -0.25) is 4.79 Å². The van der Waals surface area contributed by atoms with Gasteiger partial charge in [-0.15, -0.1) is 0 Å². The first-order valence-electron chi connectivity index (χ1n) is 7.64. The maximum atomic E-state index is 12.5. The summed E-state index contributed by atoms with van der Waals surface area (Å²) < 4.78 is 48.7. The van der Waals surface area contributed by atoms with Gasteiger partial charge in [0, 0.05) is 19.7 Å². The first-order chi connectivity index (χ1) is 10.9. The normalized spacial score (nSPS) is 22.0. The van der Waals surface area contributed by atoms with Crippen molar-refractivity contribution in [1.82, 2.24) is 4.90 Å². The number of halogens is 3. The maximum absolute atomic E-state index is 12.5. The molecule has 2 heterocycles. The summed E-state index contributed by atoms with van der Waals surface area (Å²) in [6, 6.07) is 6.64. The number of nitrogens with zero attached hydrogens (tertiary/aromatic N) is 1. The molecule has 23 heavy (non-hydrogen) atoms. The van der Waals surface area contributed by atoms with E-state index in [1.165, 1.54) is 4.90 Å². The summed E-state index contributed by atoms with van der Waals surface area (Å²) in [7, 11) is 0. The van der Waals surface area contributed by atoms with Crippen LogP contribution in [-0.4, -0.2) is 49.4 Å². The van der Waals surface area contributed by atoms with E-state index in [-0.39, 0.29) is 19.2 Å². The van der Waals surface area contributed by atoms with Gasteiger partial charge in [-0.2, -0.15) is 13.2 Å². The van der Waals surface area contributed by atoms with Crippen molar-refractivity contribution < 1.29 is 27.4 Å². The van der Waals surface area contributed by atoms with E-state index in [0.717, 1.165) is 12.8 Å². The average Bonchev–Trinajstić information content (AvgIpc) is 2.95. The van der Waals surface area contributed by atoms with Crippen LogP contribution in [0.1, 0.15) is 23.2 Å². The number of ether oxygens (including phenoxy) is 2. The van der Waals surface area contributed by atoms with Crippen molar-refractivity contribution in [3.63, 3.8) is 0 Å². The summed E-state index contributed by atoms with van der Waals surface area (Å²) in [5.41, 5.74) is 0.297. The molecule has 0 bridgehead atoms. The second kappa shape index (κ2) is 6.39. The molecule has 0 aromatic heterocycles. The Labute approximate surface area is 132 Å². The molecular weight excluding hydrogens is 311 g/mol. The number of carbonyl (C=O) groups excluding carboxylic acids is 1. The SMILES string of the molecule is O=C(c1ccccc1OC[C@H]1CCCO1)N1CC(C(F)(F)F)C1. The quantitative estimate of drug-likeness (QED) is 0.853. The Hall–Kier alpha value is -1.76. The Morgan fingerprint density at radius 2 is 2.04 bits per heavy atom. The molecule has 0 unspecified atom stereocenters. The number of para-hydroxylation sites is 1. The van der Waals surface area contributed by atoms with Crippen LogP contribution in [0.5, 0.6) is 5.75 Å². The number of hydrogen-bond acceptors (Lipinski definition) is 3. The molecule has 2 fully saturated rings. The number of likely N-dealkylation sites (tertiary alicyclic amines) is 1. The minimum atomic E-state index is -4.24. The second-order valence-corrected chi connectivity index (χ2v) is 5.89. The molecule has 2 aliphatic rings. The fraction of sp³-hybridized carbons (Fsp3) is 0.562. The summed E-state index contributed by atoms with van der Waals surface area (Å²) in [4.78, 5) is 13.6. The number of alkyl halides is 3. The lowest BCUT2D eigenvalue weighted by molar-refractivity contribution is -0.202. The predicted molar refractivity (Wildman–Crippen MR) is 76.4 cm³/mol. The van der Waals surface area contributed by atoms with Crippen LogP contribution in [0.4, 0.5) is 13.2 Å². The van der Waals surface area contributed by atoms with E-state index in [1.54, 1.807) is 24.3 Å². The smallest absolute Gasteiger partial charge is 0.395 e. The number of carbonyl (C=O) groups is 1. The lowest BCUT2D eigenvalue weighted by Crippen LogP contribution is -2.55. The molecule has 0 radical (unpaired) electrons. The van der Waals surface area contributed by atoms with Crippen LogP contribution in [0.15, 0.2) is 24.3 Å². The Bertz CT molecular complexity index is 564. The predicted octanol–water partition coefficient (Wildman–Crippen LogP) is 2.88. The van der Waals surface area contributed by atoms with Gasteiger partial charge in [-0.1, -0.05) is 12.1 Å². The molecule has 0 saturated carbocycles. The molecule has 0 N–H and O–H groups in total. The third-order valence-electron chi connectivity index (χ3n) is 4.20. The van der Waals surface area contributed by atoms with Crippen LogP contribution in [0.2, 0.25) is 0 Å². The largest absolute Gasteiger partial charge is 0.490 e. The van der Waals surface area contributed by atoms with Crippen molar-refractivity contribution in [1.29, 1.82) is 0 Å². The summed E-state index contributed by atoms with van der Waals surface area (Å²) in [6.45, 7) is 0.474. The Balaban J connectivity index is 1.62. The number of rotatable bonds is 4. The second-order valence-electron chi connectivity index (χ2n) is 5.89. The lowest BCUT2D eigenvalue weighted by Gasteiger charge is -2.40. The molecule has 3 rings (SSSR count). The van der Waals surface area contributed by atoms with Crippen molar-refractivity contribution in [3.8, 4) is 5.75 Å². The fourth-order valence-corrected chi connectivity index (χ4v) is 2.75. The average molecular weight is 329 g/mol. The van der Waals surface area contributed by atoms with Gasteiger partial charge < -0.3 is 14.4 Å². The fourth-order valence-electron chi connectivity index (χ4n) is 2.75. The van der Waals surface area contributed by atoms with Gasteiger partial charge in [0.25, 0.3) is 5.91 Å². The Morgan fingerprint density at radius 3 is 2.70 bits per heavy atom. The van der Waals surface area contributed by atoms with Crippen LogP contribution >= 0.6 is 0 Å². The highest BCUT2D eigenvalue weighted by Crippen LogP contribution is 2.35. The molecule has 4 nitrogen and oxygen atoms in total. The molecule has 1 aromatic carbocycles. The summed E-state index contributed by atoms with van der Waals surface area (Å²) in [5, 5.41) is 0. The Kier molecular flexibility index (Phi) is 4.48. The number of benzene rings is 1. The third-order valence-corrected chi connectivity index (χ3v) is 4.20. The van der Waals surface area contributed by atoms with Crippen LogP contribution in [-0.2, 0) is 4.74 Å².